The molecule has 116 valence electrons. The molecule has 21 heavy (non-hydrogen) atoms. The fourth-order valence-electron chi connectivity index (χ4n) is 3.09. The third kappa shape index (κ3) is 3.39. The molecular weight excluding hydrogens is 268 g/mol. The van der Waals surface area contributed by atoms with Gasteiger partial charge in [0.25, 0.3) is 5.69 Å². The van der Waals surface area contributed by atoms with Crippen molar-refractivity contribution in [3.05, 3.63) is 33.1 Å². The van der Waals surface area contributed by atoms with E-state index < -0.39 is 0 Å². The summed E-state index contributed by atoms with van der Waals surface area (Å²) in [5.41, 5.74) is 8.13. The van der Waals surface area contributed by atoms with Gasteiger partial charge in [0, 0.05) is 30.4 Å². The van der Waals surface area contributed by atoms with Crippen molar-refractivity contribution in [2.24, 2.45) is 17.6 Å². The molecule has 0 radical (unpaired) electrons. The van der Waals surface area contributed by atoms with E-state index in [4.69, 9.17) is 5.73 Å². The van der Waals surface area contributed by atoms with Gasteiger partial charge in [-0.1, -0.05) is 6.92 Å². The quantitative estimate of drug-likeness (QED) is 0.678. The van der Waals surface area contributed by atoms with Crippen LogP contribution in [0.25, 0.3) is 0 Å². The van der Waals surface area contributed by atoms with E-state index in [1.807, 2.05) is 0 Å². The maximum Gasteiger partial charge on any atom is 0.278 e. The van der Waals surface area contributed by atoms with E-state index in [0.29, 0.717) is 36.1 Å². The molecule has 2 heterocycles. The van der Waals surface area contributed by atoms with Gasteiger partial charge < -0.3 is 5.73 Å². The average molecular weight is 292 g/mol. The number of hydrogen-bond donors (Lipinski definition) is 1. The van der Waals surface area contributed by atoms with Crippen LogP contribution in [0.2, 0.25) is 0 Å². The summed E-state index contributed by atoms with van der Waals surface area (Å²) in [6, 6.07) is 0. The van der Waals surface area contributed by atoms with E-state index in [-0.39, 0.29) is 10.6 Å². The highest BCUT2D eigenvalue weighted by molar-refractivity contribution is 5.47. The molecule has 1 aromatic rings. The second-order valence-electron chi connectivity index (χ2n) is 6.12. The third-order valence-corrected chi connectivity index (χ3v) is 4.63. The summed E-state index contributed by atoms with van der Waals surface area (Å²) < 4.78 is 0. The summed E-state index contributed by atoms with van der Waals surface area (Å²) in [4.78, 5) is 17.6. The summed E-state index contributed by atoms with van der Waals surface area (Å²) in [7, 11) is 0. The van der Waals surface area contributed by atoms with Gasteiger partial charge in [-0.05, 0) is 45.2 Å². The zero-order valence-corrected chi connectivity index (χ0v) is 13.0. The molecule has 2 unspecified atom stereocenters. The van der Waals surface area contributed by atoms with Crippen molar-refractivity contribution >= 4 is 5.69 Å². The smallest absolute Gasteiger partial charge is 0.278 e. The zero-order valence-electron chi connectivity index (χ0n) is 13.0. The number of nitrogens with two attached hydrogens (primary N) is 1. The Labute approximate surface area is 125 Å². The number of rotatable bonds is 4. The monoisotopic (exact) mass is 292 g/mol. The minimum Gasteiger partial charge on any atom is -0.330 e. The lowest BCUT2D eigenvalue weighted by Crippen LogP contribution is -2.42. The van der Waals surface area contributed by atoms with Gasteiger partial charge in [0.2, 0.25) is 0 Å². The number of likely N-dealkylation sites (tertiary alicyclic amines) is 1. The van der Waals surface area contributed by atoms with E-state index in [1.165, 1.54) is 0 Å². The van der Waals surface area contributed by atoms with Crippen LogP contribution in [0.15, 0.2) is 6.20 Å². The highest BCUT2D eigenvalue weighted by Crippen LogP contribution is 2.27. The molecule has 1 saturated heterocycles. The van der Waals surface area contributed by atoms with Crippen LogP contribution < -0.4 is 5.73 Å². The molecule has 0 amide bonds. The van der Waals surface area contributed by atoms with E-state index in [1.54, 1.807) is 20.0 Å². The molecular formula is C15H24N4O2. The van der Waals surface area contributed by atoms with Crippen LogP contribution in [0.1, 0.15) is 30.2 Å². The van der Waals surface area contributed by atoms with E-state index >= 15 is 0 Å². The number of aryl methyl sites for hydroxylation is 1. The minimum absolute atomic E-state index is 0.195. The fraction of sp³-hybridized carbons (Fsp3) is 0.667. The summed E-state index contributed by atoms with van der Waals surface area (Å²) in [5, 5.41) is 11.2. The molecule has 0 bridgehead atoms. The van der Waals surface area contributed by atoms with E-state index in [9.17, 15) is 10.1 Å². The normalized spacial score (nSPS) is 23.2. The first kappa shape index (κ1) is 15.9. The first-order valence-electron chi connectivity index (χ1n) is 7.46. The van der Waals surface area contributed by atoms with Crippen molar-refractivity contribution in [1.29, 1.82) is 0 Å². The number of hydrogen-bond acceptors (Lipinski definition) is 5. The van der Waals surface area contributed by atoms with Gasteiger partial charge in [-0.2, -0.15) is 0 Å². The van der Waals surface area contributed by atoms with Gasteiger partial charge in [-0.25, -0.2) is 0 Å². The molecule has 0 spiro atoms. The minimum atomic E-state index is -0.309. The Bertz CT molecular complexity index is 533. The van der Waals surface area contributed by atoms with Crippen molar-refractivity contribution in [2.45, 2.75) is 33.7 Å². The zero-order chi connectivity index (χ0) is 15.6. The molecule has 2 rings (SSSR count). The van der Waals surface area contributed by atoms with Crippen LogP contribution in [0.4, 0.5) is 5.69 Å². The second kappa shape index (κ2) is 6.49. The first-order valence-corrected chi connectivity index (χ1v) is 7.46. The molecule has 0 aromatic carbocycles. The maximum absolute atomic E-state index is 11.2. The number of aromatic nitrogens is 1. The molecule has 6 heteroatoms. The first-order chi connectivity index (χ1) is 9.93. The van der Waals surface area contributed by atoms with Crippen LogP contribution >= 0.6 is 0 Å². The number of piperidine rings is 1. The van der Waals surface area contributed by atoms with Crippen molar-refractivity contribution in [3.8, 4) is 0 Å². The average Bonchev–Trinajstić information content (AvgIpc) is 2.43. The molecule has 0 aliphatic carbocycles. The highest BCUT2D eigenvalue weighted by atomic mass is 16.6. The summed E-state index contributed by atoms with van der Waals surface area (Å²) in [6.07, 6.45) is 2.72. The lowest BCUT2D eigenvalue weighted by molar-refractivity contribution is -0.386. The van der Waals surface area contributed by atoms with Gasteiger partial charge in [-0.15, -0.1) is 0 Å². The van der Waals surface area contributed by atoms with Crippen LogP contribution in [0, 0.1) is 35.8 Å². The molecule has 1 aromatic heterocycles. The number of pyridine rings is 1. The maximum atomic E-state index is 11.2. The summed E-state index contributed by atoms with van der Waals surface area (Å²) in [5.74, 6) is 1.15. The highest BCUT2D eigenvalue weighted by Gasteiger charge is 2.27. The molecule has 1 aliphatic heterocycles. The Balaban J connectivity index is 2.17. The molecule has 2 N–H and O–H groups in total. The lowest BCUT2D eigenvalue weighted by Gasteiger charge is -2.36. The molecule has 1 fully saturated rings. The third-order valence-electron chi connectivity index (χ3n) is 4.63. The summed E-state index contributed by atoms with van der Waals surface area (Å²) in [6.45, 7) is 9.07. The van der Waals surface area contributed by atoms with Gasteiger partial charge >= 0.3 is 0 Å². The predicted octanol–water partition coefficient (Wildman–Crippen LogP) is 2.02. The second-order valence-corrected chi connectivity index (χ2v) is 6.12. The van der Waals surface area contributed by atoms with Crippen molar-refractivity contribution in [1.82, 2.24) is 9.88 Å². The van der Waals surface area contributed by atoms with Crippen LogP contribution in [-0.4, -0.2) is 34.4 Å². The Morgan fingerprint density at radius 2 is 2.24 bits per heavy atom. The predicted molar refractivity (Wildman–Crippen MR) is 82.0 cm³/mol. The van der Waals surface area contributed by atoms with Crippen molar-refractivity contribution < 1.29 is 4.92 Å². The Kier molecular flexibility index (Phi) is 4.90. The number of nitro groups is 1. The standard InChI is InChI=1S/C15H24N4O2/c1-10-4-5-18(8-13(10)6-16)9-14-12(3)15(19(20)21)11(2)7-17-14/h7,10,13H,4-6,8-9,16H2,1-3H3. The summed E-state index contributed by atoms with van der Waals surface area (Å²) >= 11 is 0. The molecule has 1 aliphatic rings. The lowest BCUT2D eigenvalue weighted by atomic mass is 9.87. The van der Waals surface area contributed by atoms with Gasteiger partial charge in [0.15, 0.2) is 0 Å². The van der Waals surface area contributed by atoms with Crippen LogP contribution in [0.3, 0.4) is 0 Å². The van der Waals surface area contributed by atoms with Crippen LogP contribution in [0.5, 0.6) is 0 Å². The van der Waals surface area contributed by atoms with Gasteiger partial charge in [-0.3, -0.25) is 20.0 Å². The van der Waals surface area contributed by atoms with Gasteiger partial charge in [0.1, 0.15) is 0 Å². The van der Waals surface area contributed by atoms with Gasteiger partial charge in [0.05, 0.1) is 10.6 Å². The molecule has 2 atom stereocenters. The van der Waals surface area contributed by atoms with Crippen molar-refractivity contribution in [3.63, 3.8) is 0 Å². The Morgan fingerprint density at radius 3 is 2.86 bits per heavy atom. The Morgan fingerprint density at radius 1 is 1.52 bits per heavy atom. The largest absolute Gasteiger partial charge is 0.330 e. The topological polar surface area (TPSA) is 85.3 Å². The number of nitrogens with zero attached hydrogens (tertiary/aromatic N) is 3. The molecule has 6 nitrogen and oxygen atoms in total. The molecule has 0 saturated carbocycles. The van der Waals surface area contributed by atoms with Crippen molar-refractivity contribution in [2.75, 3.05) is 19.6 Å². The fourth-order valence-corrected chi connectivity index (χ4v) is 3.09. The Hall–Kier alpha value is -1.53. The van der Waals surface area contributed by atoms with E-state index in [0.717, 1.165) is 25.2 Å². The van der Waals surface area contributed by atoms with E-state index in [2.05, 4.69) is 16.8 Å². The SMILES string of the molecule is Cc1cnc(CN2CCC(C)C(CN)C2)c(C)c1[N+](=O)[O-]. The van der Waals surface area contributed by atoms with Crippen LogP contribution in [-0.2, 0) is 6.54 Å².